The molecule has 0 N–H and O–H groups in total. The van der Waals surface area contributed by atoms with E-state index < -0.39 is 0 Å². The van der Waals surface area contributed by atoms with Crippen molar-refractivity contribution in [3.8, 4) is 5.75 Å². The molecule has 0 atom stereocenters. The normalized spacial score (nSPS) is 16.5. The molecule has 0 saturated heterocycles. The van der Waals surface area contributed by atoms with Crippen molar-refractivity contribution >= 4 is 0 Å². The molecule has 1 saturated carbocycles. The first kappa shape index (κ1) is 14.6. The molecule has 0 radical (unpaired) electrons. The van der Waals surface area contributed by atoms with Gasteiger partial charge < -0.3 is 5.11 Å². The summed E-state index contributed by atoms with van der Waals surface area (Å²) >= 11 is 0. The summed E-state index contributed by atoms with van der Waals surface area (Å²) in [5.74, 6) is 0.0123. The molecule has 0 heterocycles. The maximum Gasteiger partial charge on any atom is 1.00 e. The van der Waals surface area contributed by atoms with Crippen molar-refractivity contribution in [1.29, 1.82) is 0 Å². The van der Waals surface area contributed by atoms with Crippen LogP contribution in [0.3, 0.4) is 0 Å². The van der Waals surface area contributed by atoms with Crippen molar-refractivity contribution in [2.75, 3.05) is 0 Å². The minimum atomic E-state index is -0.374. The second kappa shape index (κ2) is 7.05. The second-order valence-corrected chi connectivity index (χ2v) is 4.20. The Morgan fingerprint density at radius 3 is 2.38 bits per heavy atom. The molecule has 80 valence electrons. The van der Waals surface area contributed by atoms with E-state index in [2.05, 4.69) is 0 Å². The summed E-state index contributed by atoms with van der Waals surface area (Å²) < 4.78 is 0. The van der Waals surface area contributed by atoms with Gasteiger partial charge in [0.25, 0.3) is 0 Å². The first-order chi connectivity index (χ1) is 7.29. The predicted molar refractivity (Wildman–Crippen MR) is 58.0 cm³/mol. The summed E-state index contributed by atoms with van der Waals surface area (Å²) in [6, 6.07) is 6.62. The Morgan fingerprint density at radius 2 is 1.69 bits per heavy atom. The van der Waals surface area contributed by atoms with Crippen molar-refractivity contribution in [2.24, 2.45) is 0 Å². The van der Waals surface area contributed by atoms with Crippen LogP contribution >= 0.6 is 0 Å². The Bertz CT molecular complexity index is 397. The second-order valence-electron chi connectivity index (χ2n) is 4.20. The number of hydrogen-bond acceptors (Lipinski definition) is 2. The van der Waals surface area contributed by atoms with E-state index in [4.69, 9.17) is 0 Å². The maximum absolute atomic E-state index is 11.8. The summed E-state index contributed by atoms with van der Waals surface area (Å²) in [6.07, 6.45) is 5.72. The van der Waals surface area contributed by atoms with Crippen molar-refractivity contribution in [1.82, 2.24) is 0 Å². The molecular formula is C13H15O2Rb. The SMILES string of the molecule is O=c1ccccc(C2CCCCC2)c1[O-].[Rb+]. The van der Waals surface area contributed by atoms with Gasteiger partial charge in [-0.25, -0.2) is 0 Å². The van der Waals surface area contributed by atoms with E-state index in [1.807, 2.05) is 6.07 Å². The number of hydrogen-bond donors (Lipinski definition) is 0. The number of rotatable bonds is 1. The molecule has 2 rings (SSSR count). The fourth-order valence-electron chi connectivity index (χ4n) is 2.33. The fourth-order valence-corrected chi connectivity index (χ4v) is 2.33. The van der Waals surface area contributed by atoms with Crippen molar-refractivity contribution in [2.45, 2.75) is 38.0 Å². The van der Waals surface area contributed by atoms with E-state index in [0.29, 0.717) is 5.92 Å². The van der Waals surface area contributed by atoms with Gasteiger partial charge in [0.1, 0.15) is 0 Å². The maximum atomic E-state index is 11.8. The predicted octanol–water partition coefficient (Wildman–Crippen LogP) is -0.828. The summed E-state index contributed by atoms with van der Waals surface area (Å²) in [5, 5.41) is 11.8. The zero-order valence-electron chi connectivity index (χ0n) is 9.74. The third-order valence-electron chi connectivity index (χ3n) is 3.17. The van der Waals surface area contributed by atoms with Crippen LogP contribution in [0.1, 0.15) is 43.6 Å². The monoisotopic (exact) mass is 288 g/mol. The molecule has 1 fully saturated rings. The molecule has 0 spiro atoms. The molecule has 16 heavy (non-hydrogen) atoms. The zero-order valence-corrected chi connectivity index (χ0v) is 14.7. The first-order valence-corrected chi connectivity index (χ1v) is 5.59. The molecule has 1 aliphatic rings. The van der Waals surface area contributed by atoms with Crippen LogP contribution in [0.25, 0.3) is 0 Å². The van der Waals surface area contributed by atoms with Gasteiger partial charge in [0.2, 0.25) is 0 Å². The molecule has 0 unspecified atom stereocenters. The van der Waals surface area contributed by atoms with Crippen molar-refractivity contribution in [3.05, 3.63) is 40.1 Å². The molecule has 1 aliphatic carbocycles. The van der Waals surface area contributed by atoms with Gasteiger partial charge in [-0.2, -0.15) is 0 Å². The van der Waals surface area contributed by atoms with Crippen LogP contribution in [0.4, 0.5) is 0 Å². The van der Waals surface area contributed by atoms with Crippen LogP contribution in [-0.4, -0.2) is 0 Å². The van der Waals surface area contributed by atoms with Crippen LogP contribution in [0, 0.1) is 0 Å². The Kier molecular flexibility index (Phi) is 6.41. The summed E-state index contributed by atoms with van der Waals surface area (Å²) in [5.41, 5.74) is 0.352. The average Bonchev–Trinajstić information content (AvgIpc) is 2.44. The largest absolute Gasteiger partial charge is 1.00 e. The van der Waals surface area contributed by atoms with Gasteiger partial charge in [0.15, 0.2) is 5.43 Å². The topological polar surface area (TPSA) is 40.1 Å². The van der Waals surface area contributed by atoms with Gasteiger partial charge in [0, 0.05) is 0 Å². The molecule has 1 aromatic rings. The molecule has 3 heteroatoms. The Balaban J connectivity index is 0.00000128. The smallest absolute Gasteiger partial charge is 0.870 e. The van der Waals surface area contributed by atoms with E-state index in [1.54, 1.807) is 12.1 Å². The Morgan fingerprint density at radius 1 is 1.06 bits per heavy atom. The van der Waals surface area contributed by atoms with Gasteiger partial charge in [-0.3, -0.25) is 4.79 Å². The van der Waals surface area contributed by atoms with E-state index in [0.717, 1.165) is 18.4 Å². The molecular weight excluding hydrogens is 274 g/mol. The van der Waals surface area contributed by atoms with Gasteiger partial charge in [-0.05, 0) is 30.4 Å². The van der Waals surface area contributed by atoms with E-state index in [9.17, 15) is 9.90 Å². The first-order valence-electron chi connectivity index (χ1n) is 5.59. The fraction of sp³-hybridized carbons (Fsp3) is 0.462. The zero-order chi connectivity index (χ0) is 10.7. The third-order valence-corrected chi connectivity index (χ3v) is 3.17. The van der Waals surface area contributed by atoms with Crippen LogP contribution in [0.5, 0.6) is 5.75 Å². The summed E-state index contributed by atoms with van der Waals surface area (Å²) in [4.78, 5) is 11.4. The van der Waals surface area contributed by atoms with Crippen LogP contribution < -0.4 is 68.7 Å². The minimum Gasteiger partial charge on any atom is -0.870 e. The standard InChI is InChI=1S/C13H16O2.Rb/c14-12-9-5-4-8-11(13(12)15)10-6-2-1-3-7-10;/h4-5,8-10H,1-3,6-7H2,(H,14,15);/q;+1/p-1. The molecule has 1 aromatic carbocycles. The molecule has 0 amide bonds. The molecule has 0 aromatic heterocycles. The summed E-state index contributed by atoms with van der Waals surface area (Å²) in [6.45, 7) is 0. The van der Waals surface area contributed by atoms with E-state index in [-0.39, 0.29) is 69.4 Å². The van der Waals surface area contributed by atoms with Crippen LogP contribution in [-0.2, 0) is 0 Å². The van der Waals surface area contributed by atoms with Crippen molar-refractivity contribution < 1.29 is 63.3 Å². The average molecular weight is 289 g/mol. The van der Waals surface area contributed by atoms with Crippen LogP contribution in [0.15, 0.2) is 29.1 Å². The van der Waals surface area contributed by atoms with Gasteiger partial charge in [-0.15, -0.1) is 0 Å². The Labute approximate surface area is 145 Å². The summed E-state index contributed by atoms with van der Waals surface area (Å²) in [7, 11) is 0. The molecule has 0 bridgehead atoms. The van der Waals surface area contributed by atoms with E-state index >= 15 is 0 Å². The van der Waals surface area contributed by atoms with E-state index in [1.165, 1.54) is 25.3 Å². The van der Waals surface area contributed by atoms with Gasteiger partial charge in [-0.1, -0.05) is 43.2 Å². The molecule has 2 nitrogen and oxygen atoms in total. The van der Waals surface area contributed by atoms with Crippen molar-refractivity contribution in [3.63, 3.8) is 0 Å². The van der Waals surface area contributed by atoms with Crippen LogP contribution in [0.2, 0.25) is 0 Å². The molecule has 0 aliphatic heterocycles. The minimum absolute atomic E-state index is 0. The van der Waals surface area contributed by atoms with Gasteiger partial charge >= 0.3 is 58.2 Å². The van der Waals surface area contributed by atoms with Gasteiger partial charge in [0.05, 0.1) is 0 Å². The quantitative estimate of drug-likeness (QED) is 0.677. The Hall–Kier alpha value is 0.495. The third kappa shape index (κ3) is 3.49.